The van der Waals surface area contributed by atoms with E-state index in [1.165, 1.54) is 5.56 Å². The molecule has 2 aromatic heterocycles. The quantitative estimate of drug-likeness (QED) is 0.897. The van der Waals surface area contributed by atoms with Gasteiger partial charge in [0.1, 0.15) is 0 Å². The molecule has 0 saturated heterocycles. The zero-order valence-corrected chi connectivity index (χ0v) is 9.45. The number of aromatic nitrogens is 3. The van der Waals surface area contributed by atoms with Crippen molar-refractivity contribution in [3.05, 3.63) is 28.6 Å². The molecule has 0 aliphatic heterocycles. The molecule has 0 aliphatic carbocycles. The number of halogens is 1. The first-order chi connectivity index (χ1) is 6.81. The van der Waals surface area contributed by atoms with E-state index in [0.717, 1.165) is 23.1 Å². The van der Waals surface area contributed by atoms with E-state index in [1.54, 1.807) is 10.7 Å². The lowest BCUT2D eigenvalue weighted by atomic mass is 10.2. The normalized spacial score (nSPS) is 11.0. The summed E-state index contributed by atoms with van der Waals surface area (Å²) in [5.74, 6) is 0. The first-order valence-corrected chi connectivity index (χ1v) is 5.23. The fourth-order valence-electron chi connectivity index (χ4n) is 1.34. The molecular formula is C9H11BrN4. The molecule has 0 saturated carbocycles. The molecule has 0 fully saturated rings. The van der Waals surface area contributed by atoms with Crippen molar-refractivity contribution in [1.82, 2.24) is 19.9 Å². The Morgan fingerprint density at radius 3 is 3.14 bits per heavy atom. The monoisotopic (exact) mass is 254 g/mol. The van der Waals surface area contributed by atoms with Gasteiger partial charge in [0.2, 0.25) is 0 Å². The summed E-state index contributed by atoms with van der Waals surface area (Å²) < 4.78 is 2.72. The van der Waals surface area contributed by atoms with Crippen molar-refractivity contribution in [1.29, 1.82) is 0 Å². The van der Waals surface area contributed by atoms with E-state index in [-0.39, 0.29) is 0 Å². The highest BCUT2D eigenvalue weighted by Crippen LogP contribution is 2.12. The van der Waals surface area contributed by atoms with Crippen LogP contribution in [0.4, 0.5) is 0 Å². The van der Waals surface area contributed by atoms with E-state index in [2.05, 4.69) is 31.3 Å². The van der Waals surface area contributed by atoms with Gasteiger partial charge in [-0.1, -0.05) is 0 Å². The maximum absolute atomic E-state index is 4.32. The highest BCUT2D eigenvalue weighted by atomic mass is 79.9. The van der Waals surface area contributed by atoms with Crippen LogP contribution in [0.1, 0.15) is 5.56 Å². The van der Waals surface area contributed by atoms with Crippen LogP contribution in [0.25, 0.3) is 5.65 Å². The average molecular weight is 255 g/mol. The molecule has 0 atom stereocenters. The maximum atomic E-state index is 4.32. The van der Waals surface area contributed by atoms with Gasteiger partial charge in [-0.05, 0) is 35.9 Å². The summed E-state index contributed by atoms with van der Waals surface area (Å²) in [6.07, 6.45) is 6.52. The van der Waals surface area contributed by atoms with Gasteiger partial charge in [0, 0.05) is 18.0 Å². The minimum atomic E-state index is 0.934. The fraction of sp³-hybridized carbons (Fsp3) is 0.333. The van der Waals surface area contributed by atoms with Gasteiger partial charge in [-0.3, -0.25) is 0 Å². The molecule has 0 amide bonds. The SMILES string of the molecule is CNCCc1cnn2cc(Br)cnc12. The number of hydrogen-bond donors (Lipinski definition) is 1. The van der Waals surface area contributed by atoms with Crippen LogP contribution in [0.15, 0.2) is 23.1 Å². The molecule has 74 valence electrons. The zero-order valence-electron chi connectivity index (χ0n) is 7.87. The molecule has 2 aromatic rings. The maximum Gasteiger partial charge on any atom is 0.158 e. The van der Waals surface area contributed by atoms with Crippen molar-refractivity contribution in [3.63, 3.8) is 0 Å². The number of nitrogens with one attached hydrogen (secondary N) is 1. The van der Waals surface area contributed by atoms with E-state index in [9.17, 15) is 0 Å². The number of rotatable bonds is 3. The van der Waals surface area contributed by atoms with Gasteiger partial charge in [-0.25, -0.2) is 9.50 Å². The lowest BCUT2D eigenvalue weighted by Gasteiger charge is -1.97. The second-order valence-electron chi connectivity index (χ2n) is 3.06. The fourth-order valence-corrected chi connectivity index (χ4v) is 1.63. The molecule has 1 N–H and O–H groups in total. The van der Waals surface area contributed by atoms with E-state index < -0.39 is 0 Å². The topological polar surface area (TPSA) is 42.2 Å². The van der Waals surface area contributed by atoms with E-state index in [1.807, 2.05) is 19.4 Å². The van der Waals surface area contributed by atoms with Crippen molar-refractivity contribution in [2.24, 2.45) is 0 Å². The lowest BCUT2D eigenvalue weighted by molar-refractivity contribution is 0.793. The summed E-state index contributed by atoms with van der Waals surface area (Å²) in [6.45, 7) is 0.944. The number of likely N-dealkylation sites (N-methyl/N-ethyl adjacent to an activating group) is 1. The Labute approximate surface area is 90.5 Å². The van der Waals surface area contributed by atoms with Crippen LogP contribution >= 0.6 is 15.9 Å². The van der Waals surface area contributed by atoms with Crippen molar-refractivity contribution in [2.75, 3.05) is 13.6 Å². The van der Waals surface area contributed by atoms with Gasteiger partial charge >= 0.3 is 0 Å². The predicted octanol–water partition coefficient (Wildman–Crippen LogP) is 1.25. The first-order valence-electron chi connectivity index (χ1n) is 4.43. The van der Waals surface area contributed by atoms with Crippen LogP contribution in [0, 0.1) is 0 Å². The second kappa shape index (κ2) is 4.06. The number of nitrogens with zero attached hydrogens (tertiary/aromatic N) is 3. The van der Waals surface area contributed by atoms with E-state index >= 15 is 0 Å². The Kier molecular flexibility index (Phi) is 2.79. The van der Waals surface area contributed by atoms with Gasteiger partial charge in [-0.15, -0.1) is 0 Å². The third-order valence-corrected chi connectivity index (χ3v) is 2.45. The molecular weight excluding hydrogens is 244 g/mol. The molecule has 0 spiro atoms. The van der Waals surface area contributed by atoms with Crippen molar-refractivity contribution >= 4 is 21.6 Å². The number of fused-ring (bicyclic) bond motifs is 1. The zero-order chi connectivity index (χ0) is 9.97. The minimum absolute atomic E-state index is 0.934. The molecule has 5 heteroatoms. The van der Waals surface area contributed by atoms with E-state index in [4.69, 9.17) is 0 Å². The molecule has 14 heavy (non-hydrogen) atoms. The molecule has 0 aromatic carbocycles. The third kappa shape index (κ3) is 1.78. The van der Waals surface area contributed by atoms with Crippen LogP contribution in [0.3, 0.4) is 0 Å². The first kappa shape index (κ1) is 9.61. The molecule has 0 radical (unpaired) electrons. The predicted molar refractivity (Wildman–Crippen MR) is 58.3 cm³/mol. The van der Waals surface area contributed by atoms with Crippen LogP contribution < -0.4 is 5.32 Å². The van der Waals surface area contributed by atoms with Crippen LogP contribution in [-0.2, 0) is 6.42 Å². The standard InChI is InChI=1S/C9H11BrN4/c1-11-3-2-7-4-13-14-6-8(10)5-12-9(7)14/h4-6,11H,2-3H2,1H3. The Bertz CT molecular complexity index is 437. The Morgan fingerprint density at radius 2 is 2.36 bits per heavy atom. The molecule has 2 rings (SSSR count). The third-order valence-electron chi connectivity index (χ3n) is 2.04. The van der Waals surface area contributed by atoms with Gasteiger partial charge in [0.15, 0.2) is 5.65 Å². The Balaban J connectivity index is 2.37. The largest absolute Gasteiger partial charge is 0.319 e. The van der Waals surface area contributed by atoms with Gasteiger partial charge in [0.25, 0.3) is 0 Å². The molecule has 0 bridgehead atoms. The Hall–Kier alpha value is -0.940. The van der Waals surface area contributed by atoms with Crippen molar-refractivity contribution in [3.8, 4) is 0 Å². The number of hydrogen-bond acceptors (Lipinski definition) is 3. The highest BCUT2D eigenvalue weighted by Gasteiger charge is 2.04. The summed E-state index contributed by atoms with van der Waals surface area (Å²) in [5, 5.41) is 7.34. The summed E-state index contributed by atoms with van der Waals surface area (Å²) >= 11 is 3.36. The lowest BCUT2D eigenvalue weighted by Crippen LogP contribution is -2.10. The minimum Gasteiger partial charge on any atom is -0.319 e. The highest BCUT2D eigenvalue weighted by molar-refractivity contribution is 9.10. The van der Waals surface area contributed by atoms with Gasteiger partial charge < -0.3 is 5.32 Å². The second-order valence-corrected chi connectivity index (χ2v) is 3.98. The van der Waals surface area contributed by atoms with Crippen LogP contribution in [-0.4, -0.2) is 28.2 Å². The molecule has 0 aliphatic rings. The Morgan fingerprint density at radius 1 is 1.50 bits per heavy atom. The smallest absolute Gasteiger partial charge is 0.158 e. The van der Waals surface area contributed by atoms with Gasteiger partial charge in [0.05, 0.1) is 10.7 Å². The van der Waals surface area contributed by atoms with Crippen molar-refractivity contribution < 1.29 is 0 Å². The summed E-state index contributed by atoms with van der Waals surface area (Å²) in [7, 11) is 1.94. The van der Waals surface area contributed by atoms with Gasteiger partial charge in [-0.2, -0.15) is 5.10 Å². The van der Waals surface area contributed by atoms with Crippen molar-refractivity contribution in [2.45, 2.75) is 6.42 Å². The molecule has 4 nitrogen and oxygen atoms in total. The summed E-state index contributed by atoms with van der Waals surface area (Å²) in [4.78, 5) is 4.32. The molecule has 0 unspecified atom stereocenters. The summed E-state index contributed by atoms with van der Waals surface area (Å²) in [6, 6.07) is 0. The summed E-state index contributed by atoms with van der Waals surface area (Å²) in [5.41, 5.74) is 2.11. The average Bonchev–Trinajstić information content (AvgIpc) is 2.57. The van der Waals surface area contributed by atoms with E-state index in [0.29, 0.717) is 0 Å². The van der Waals surface area contributed by atoms with Crippen LogP contribution in [0.2, 0.25) is 0 Å². The molecule has 2 heterocycles. The van der Waals surface area contributed by atoms with Crippen LogP contribution in [0.5, 0.6) is 0 Å².